The van der Waals surface area contributed by atoms with E-state index in [0.717, 1.165) is 32.4 Å². The standard InChI is InChI=1S/C12H19N3O/c13-9-3-4-12-14-10(8-15(12)7-9)6-11-2-1-5-16-11/h8-9,11H,1-7,13H2. The summed E-state index contributed by atoms with van der Waals surface area (Å²) < 4.78 is 7.86. The second-order valence-corrected chi connectivity index (χ2v) is 4.94. The summed E-state index contributed by atoms with van der Waals surface area (Å²) in [6, 6.07) is 0.303. The Bertz CT molecular complexity index is 368. The van der Waals surface area contributed by atoms with Gasteiger partial charge in [0.1, 0.15) is 5.82 Å². The number of aryl methyl sites for hydroxylation is 1. The Balaban J connectivity index is 1.71. The van der Waals surface area contributed by atoms with Crippen molar-refractivity contribution < 1.29 is 4.74 Å². The van der Waals surface area contributed by atoms with Gasteiger partial charge in [0.05, 0.1) is 11.8 Å². The fourth-order valence-corrected chi connectivity index (χ4v) is 2.67. The van der Waals surface area contributed by atoms with Crippen LogP contribution in [0.15, 0.2) is 6.20 Å². The molecule has 1 saturated heterocycles. The first-order valence-corrected chi connectivity index (χ1v) is 6.23. The van der Waals surface area contributed by atoms with Gasteiger partial charge in [0.15, 0.2) is 0 Å². The summed E-state index contributed by atoms with van der Waals surface area (Å²) in [7, 11) is 0. The highest BCUT2D eigenvalue weighted by molar-refractivity contribution is 5.08. The zero-order valence-corrected chi connectivity index (χ0v) is 9.56. The zero-order chi connectivity index (χ0) is 11.0. The molecular formula is C12H19N3O. The molecule has 0 aliphatic carbocycles. The fourth-order valence-electron chi connectivity index (χ4n) is 2.67. The molecule has 2 N–H and O–H groups in total. The maximum absolute atomic E-state index is 5.95. The van der Waals surface area contributed by atoms with Crippen molar-refractivity contribution in [3.8, 4) is 0 Å². The van der Waals surface area contributed by atoms with Crippen molar-refractivity contribution in [2.75, 3.05) is 6.61 Å². The maximum Gasteiger partial charge on any atom is 0.109 e. The predicted octanol–water partition coefficient (Wildman–Crippen LogP) is 0.878. The molecule has 0 amide bonds. The monoisotopic (exact) mass is 221 g/mol. The average Bonchev–Trinajstić information content (AvgIpc) is 2.86. The molecule has 0 aromatic carbocycles. The molecule has 16 heavy (non-hydrogen) atoms. The van der Waals surface area contributed by atoms with Crippen molar-refractivity contribution in [3.05, 3.63) is 17.7 Å². The zero-order valence-electron chi connectivity index (χ0n) is 9.56. The van der Waals surface area contributed by atoms with Gasteiger partial charge in [-0.05, 0) is 19.3 Å². The van der Waals surface area contributed by atoms with E-state index in [9.17, 15) is 0 Å². The van der Waals surface area contributed by atoms with Gasteiger partial charge in [-0.15, -0.1) is 0 Å². The third kappa shape index (κ3) is 1.99. The summed E-state index contributed by atoms with van der Waals surface area (Å²) in [4.78, 5) is 4.68. The first kappa shape index (κ1) is 10.3. The number of imidazole rings is 1. The van der Waals surface area contributed by atoms with Gasteiger partial charge in [0.2, 0.25) is 0 Å². The molecule has 3 heterocycles. The first-order valence-electron chi connectivity index (χ1n) is 6.23. The van der Waals surface area contributed by atoms with Crippen molar-refractivity contribution in [2.24, 2.45) is 5.73 Å². The summed E-state index contributed by atoms with van der Waals surface area (Å²) in [5.74, 6) is 1.20. The summed E-state index contributed by atoms with van der Waals surface area (Å²) in [6.07, 6.45) is 7.99. The lowest BCUT2D eigenvalue weighted by atomic mass is 10.1. The molecule has 2 unspecified atom stereocenters. The molecule has 0 bridgehead atoms. The minimum Gasteiger partial charge on any atom is -0.378 e. The highest BCUT2D eigenvalue weighted by Crippen LogP contribution is 2.19. The number of ether oxygens (including phenoxy) is 1. The Morgan fingerprint density at radius 2 is 2.44 bits per heavy atom. The summed E-state index contributed by atoms with van der Waals surface area (Å²) in [5, 5.41) is 0. The van der Waals surface area contributed by atoms with Crippen molar-refractivity contribution in [3.63, 3.8) is 0 Å². The minimum absolute atomic E-state index is 0.303. The summed E-state index contributed by atoms with van der Waals surface area (Å²) >= 11 is 0. The van der Waals surface area contributed by atoms with Crippen LogP contribution in [0.1, 0.15) is 30.8 Å². The number of rotatable bonds is 2. The van der Waals surface area contributed by atoms with Crippen LogP contribution in [-0.4, -0.2) is 28.3 Å². The lowest BCUT2D eigenvalue weighted by Gasteiger charge is -2.19. The normalized spacial score (nSPS) is 29.3. The molecule has 2 atom stereocenters. The molecule has 2 aliphatic rings. The quantitative estimate of drug-likeness (QED) is 0.806. The Labute approximate surface area is 95.8 Å². The molecule has 88 valence electrons. The van der Waals surface area contributed by atoms with Crippen LogP contribution in [0.5, 0.6) is 0 Å². The smallest absolute Gasteiger partial charge is 0.109 e. The van der Waals surface area contributed by atoms with Gasteiger partial charge in [0, 0.05) is 38.2 Å². The van der Waals surface area contributed by atoms with E-state index in [1.54, 1.807) is 0 Å². The highest BCUT2D eigenvalue weighted by Gasteiger charge is 2.21. The lowest BCUT2D eigenvalue weighted by Crippen LogP contribution is -2.31. The van der Waals surface area contributed by atoms with E-state index in [1.165, 1.54) is 24.4 Å². The Kier molecular flexibility index (Phi) is 2.69. The van der Waals surface area contributed by atoms with Gasteiger partial charge in [-0.3, -0.25) is 0 Å². The second-order valence-electron chi connectivity index (χ2n) is 4.94. The Morgan fingerprint density at radius 3 is 3.25 bits per heavy atom. The molecule has 0 spiro atoms. The lowest BCUT2D eigenvalue weighted by molar-refractivity contribution is 0.111. The second kappa shape index (κ2) is 4.18. The molecule has 4 nitrogen and oxygen atoms in total. The minimum atomic E-state index is 0.303. The molecule has 1 aromatic rings. The summed E-state index contributed by atoms with van der Waals surface area (Å²) in [6.45, 7) is 1.84. The molecule has 1 fully saturated rings. The van der Waals surface area contributed by atoms with E-state index in [0.29, 0.717) is 12.1 Å². The molecule has 3 rings (SSSR count). The third-order valence-electron chi connectivity index (χ3n) is 3.54. The van der Waals surface area contributed by atoms with E-state index >= 15 is 0 Å². The van der Waals surface area contributed by atoms with Crippen LogP contribution in [0.4, 0.5) is 0 Å². The van der Waals surface area contributed by atoms with Crippen LogP contribution in [-0.2, 0) is 24.1 Å². The number of nitrogens with two attached hydrogens (primary N) is 1. The van der Waals surface area contributed by atoms with Gasteiger partial charge < -0.3 is 15.0 Å². The predicted molar refractivity (Wildman–Crippen MR) is 61.2 cm³/mol. The van der Waals surface area contributed by atoms with Crippen molar-refractivity contribution in [1.82, 2.24) is 9.55 Å². The van der Waals surface area contributed by atoms with E-state index in [-0.39, 0.29) is 0 Å². The van der Waals surface area contributed by atoms with Gasteiger partial charge in [-0.25, -0.2) is 4.98 Å². The average molecular weight is 221 g/mol. The van der Waals surface area contributed by atoms with Crippen molar-refractivity contribution in [2.45, 2.75) is 50.8 Å². The number of nitrogens with zero attached hydrogens (tertiary/aromatic N) is 2. The molecule has 0 saturated carbocycles. The largest absolute Gasteiger partial charge is 0.378 e. The maximum atomic E-state index is 5.95. The number of hydrogen-bond donors (Lipinski definition) is 1. The molecule has 2 aliphatic heterocycles. The molecular weight excluding hydrogens is 202 g/mol. The van der Waals surface area contributed by atoms with Gasteiger partial charge in [-0.1, -0.05) is 0 Å². The van der Waals surface area contributed by atoms with Crippen LogP contribution < -0.4 is 5.73 Å². The number of aromatic nitrogens is 2. The van der Waals surface area contributed by atoms with Crippen molar-refractivity contribution in [1.29, 1.82) is 0 Å². The van der Waals surface area contributed by atoms with Gasteiger partial charge in [-0.2, -0.15) is 0 Å². The topological polar surface area (TPSA) is 53.1 Å². The van der Waals surface area contributed by atoms with Crippen LogP contribution in [0.25, 0.3) is 0 Å². The Morgan fingerprint density at radius 1 is 1.50 bits per heavy atom. The molecule has 1 aromatic heterocycles. The number of fused-ring (bicyclic) bond motifs is 1. The van der Waals surface area contributed by atoms with E-state index in [4.69, 9.17) is 10.5 Å². The number of hydrogen-bond acceptors (Lipinski definition) is 3. The van der Waals surface area contributed by atoms with Crippen LogP contribution in [0.2, 0.25) is 0 Å². The highest BCUT2D eigenvalue weighted by atomic mass is 16.5. The fraction of sp³-hybridized carbons (Fsp3) is 0.750. The molecule has 4 heteroatoms. The SMILES string of the molecule is NC1CCc2nc(CC3CCCO3)cn2C1. The Hall–Kier alpha value is -0.870. The van der Waals surface area contributed by atoms with Crippen LogP contribution in [0, 0.1) is 0 Å². The third-order valence-corrected chi connectivity index (χ3v) is 3.54. The summed E-state index contributed by atoms with van der Waals surface area (Å²) in [5.41, 5.74) is 7.13. The van der Waals surface area contributed by atoms with Gasteiger partial charge in [0.25, 0.3) is 0 Å². The van der Waals surface area contributed by atoms with Crippen molar-refractivity contribution >= 4 is 0 Å². The van der Waals surface area contributed by atoms with E-state index in [1.807, 2.05) is 0 Å². The molecule has 0 radical (unpaired) electrons. The van der Waals surface area contributed by atoms with Crippen LogP contribution in [0.3, 0.4) is 0 Å². The van der Waals surface area contributed by atoms with E-state index in [2.05, 4.69) is 15.7 Å². The van der Waals surface area contributed by atoms with Crippen LogP contribution >= 0.6 is 0 Å². The van der Waals surface area contributed by atoms with E-state index < -0.39 is 0 Å². The first-order chi connectivity index (χ1) is 7.81. The van der Waals surface area contributed by atoms with Gasteiger partial charge >= 0.3 is 0 Å².